The molecule has 0 saturated carbocycles. The number of hydrogen-bond acceptors (Lipinski definition) is 7. The van der Waals surface area contributed by atoms with Crippen molar-refractivity contribution in [2.75, 3.05) is 26.2 Å². The van der Waals surface area contributed by atoms with Gasteiger partial charge in [0.25, 0.3) is 5.91 Å². The highest BCUT2D eigenvalue weighted by Crippen LogP contribution is 2.39. The zero-order valence-corrected chi connectivity index (χ0v) is 18.5. The number of halogens is 1. The fourth-order valence-corrected chi connectivity index (χ4v) is 4.24. The molecule has 1 amide bonds. The van der Waals surface area contributed by atoms with Crippen molar-refractivity contribution in [3.63, 3.8) is 0 Å². The molecule has 2 aromatic carbocycles. The Balaban J connectivity index is 1.82. The number of pyridine rings is 1. The number of methoxy groups -OCH3 is 3. The summed E-state index contributed by atoms with van der Waals surface area (Å²) in [4.78, 5) is 23.9. The molecule has 0 fully saturated rings. The van der Waals surface area contributed by atoms with Crippen LogP contribution in [-0.4, -0.2) is 37.2 Å². The molecule has 4 aromatic rings. The first-order chi connectivity index (χ1) is 15.5. The van der Waals surface area contributed by atoms with Gasteiger partial charge in [0, 0.05) is 11.8 Å². The van der Waals surface area contributed by atoms with E-state index in [2.05, 4.69) is 9.97 Å². The molecule has 0 radical (unpaired) electrons. The molecule has 0 bridgehead atoms. The number of carbonyl (C=O) groups excluding carboxylic acids is 1. The Morgan fingerprint density at radius 3 is 2.38 bits per heavy atom. The topological polar surface area (TPSA) is 73.8 Å². The number of hydrogen-bond donors (Lipinski definition) is 0. The Morgan fingerprint density at radius 2 is 1.78 bits per heavy atom. The van der Waals surface area contributed by atoms with Gasteiger partial charge in [0.15, 0.2) is 16.6 Å². The van der Waals surface area contributed by atoms with Crippen LogP contribution in [0.15, 0.2) is 54.7 Å². The Kier molecular flexibility index (Phi) is 6.18. The summed E-state index contributed by atoms with van der Waals surface area (Å²) in [6, 6.07) is 13.3. The van der Waals surface area contributed by atoms with E-state index in [1.54, 1.807) is 36.5 Å². The second-order valence-corrected chi connectivity index (χ2v) is 7.72. The van der Waals surface area contributed by atoms with E-state index in [4.69, 9.17) is 14.2 Å². The van der Waals surface area contributed by atoms with Gasteiger partial charge in [-0.1, -0.05) is 23.5 Å². The first-order valence-corrected chi connectivity index (χ1v) is 10.4. The molecular weight excluding hydrogens is 433 g/mol. The molecular formula is C23H20FN3O4S. The molecule has 164 valence electrons. The number of para-hydroxylation sites is 1. The molecule has 0 aliphatic carbocycles. The molecule has 2 aromatic heterocycles. The standard InChI is InChI=1S/C23H20FN3O4S/c1-29-17-11-14(12-18(30-2)21(17)31-3)22(28)27(13-15-7-4-5-10-25-15)23-26-20-16(24)8-6-9-19(20)32-23/h4-12H,13H2,1-3H3. The zero-order valence-electron chi connectivity index (χ0n) is 17.7. The lowest BCUT2D eigenvalue weighted by Crippen LogP contribution is -2.30. The molecule has 0 atom stereocenters. The van der Waals surface area contributed by atoms with Crippen molar-refractivity contribution in [1.82, 2.24) is 9.97 Å². The van der Waals surface area contributed by atoms with Crippen molar-refractivity contribution in [3.05, 3.63) is 71.8 Å². The first-order valence-electron chi connectivity index (χ1n) is 9.62. The van der Waals surface area contributed by atoms with Gasteiger partial charge in [0.1, 0.15) is 11.3 Å². The van der Waals surface area contributed by atoms with E-state index in [1.807, 2.05) is 12.1 Å². The minimum absolute atomic E-state index is 0.151. The number of nitrogens with zero attached hydrogens (tertiary/aromatic N) is 3. The summed E-state index contributed by atoms with van der Waals surface area (Å²) in [6.45, 7) is 0.151. The Bertz CT molecular complexity index is 1240. The predicted molar refractivity (Wildman–Crippen MR) is 120 cm³/mol. The van der Waals surface area contributed by atoms with Crippen LogP contribution in [0.1, 0.15) is 16.1 Å². The zero-order chi connectivity index (χ0) is 22.7. The van der Waals surface area contributed by atoms with E-state index in [9.17, 15) is 9.18 Å². The lowest BCUT2D eigenvalue weighted by molar-refractivity contribution is 0.0984. The van der Waals surface area contributed by atoms with E-state index in [0.29, 0.717) is 38.3 Å². The smallest absolute Gasteiger partial charge is 0.260 e. The highest BCUT2D eigenvalue weighted by atomic mass is 32.1. The molecule has 0 N–H and O–H groups in total. The van der Waals surface area contributed by atoms with Crippen LogP contribution in [0.4, 0.5) is 9.52 Å². The average molecular weight is 453 g/mol. The third kappa shape index (κ3) is 4.06. The summed E-state index contributed by atoms with van der Waals surface area (Å²) in [6.07, 6.45) is 1.65. The Labute approximate surface area is 188 Å². The molecule has 0 unspecified atom stereocenters. The van der Waals surface area contributed by atoms with E-state index in [1.165, 1.54) is 43.6 Å². The SMILES string of the molecule is COc1cc(C(=O)N(Cc2ccccn2)c2nc3c(F)cccc3s2)cc(OC)c1OC. The maximum Gasteiger partial charge on any atom is 0.260 e. The van der Waals surface area contributed by atoms with E-state index in [0.717, 1.165) is 0 Å². The maximum absolute atomic E-state index is 14.3. The number of amides is 1. The van der Waals surface area contributed by atoms with Gasteiger partial charge >= 0.3 is 0 Å². The van der Waals surface area contributed by atoms with Crippen molar-refractivity contribution >= 4 is 32.6 Å². The van der Waals surface area contributed by atoms with Crippen LogP contribution >= 0.6 is 11.3 Å². The Hall–Kier alpha value is -3.72. The maximum atomic E-state index is 14.3. The summed E-state index contributed by atoms with van der Waals surface area (Å²) < 4.78 is 31.0. The lowest BCUT2D eigenvalue weighted by Gasteiger charge is -2.21. The van der Waals surface area contributed by atoms with Crippen LogP contribution in [-0.2, 0) is 6.54 Å². The number of thiazole rings is 1. The summed E-state index contributed by atoms with van der Waals surface area (Å²) in [5.41, 5.74) is 1.18. The van der Waals surface area contributed by atoms with Gasteiger partial charge in [0.05, 0.1) is 38.3 Å². The van der Waals surface area contributed by atoms with Crippen LogP contribution in [0.3, 0.4) is 0 Å². The fourth-order valence-electron chi connectivity index (χ4n) is 3.26. The van der Waals surface area contributed by atoms with Crippen LogP contribution in [0.25, 0.3) is 10.2 Å². The van der Waals surface area contributed by atoms with Crippen LogP contribution < -0.4 is 19.1 Å². The van der Waals surface area contributed by atoms with Crippen LogP contribution in [0.5, 0.6) is 17.2 Å². The molecule has 0 aliphatic rings. The second-order valence-electron chi connectivity index (χ2n) is 6.71. The normalized spacial score (nSPS) is 10.8. The molecule has 7 nitrogen and oxygen atoms in total. The first kappa shape index (κ1) is 21.5. The summed E-state index contributed by atoms with van der Waals surface area (Å²) in [5, 5.41) is 0.356. The molecule has 9 heteroatoms. The quantitative estimate of drug-likeness (QED) is 0.404. The van der Waals surface area contributed by atoms with E-state index in [-0.39, 0.29) is 18.0 Å². The van der Waals surface area contributed by atoms with Crippen LogP contribution in [0, 0.1) is 5.82 Å². The molecule has 0 aliphatic heterocycles. The van der Waals surface area contributed by atoms with E-state index >= 15 is 0 Å². The molecule has 2 heterocycles. The monoisotopic (exact) mass is 453 g/mol. The number of aromatic nitrogens is 2. The highest BCUT2D eigenvalue weighted by molar-refractivity contribution is 7.22. The van der Waals surface area contributed by atoms with Crippen molar-refractivity contribution < 1.29 is 23.4 Å². The van der Waals surface area contributed by atoms with Crippen molar-refractivity contribution in [3.8, 4) is 17.2 Å². The van der Waals surface area contributed by atoms with Gasteiger partial charge < -0.3 is 14.2 Å². The summed E-state index contributed by atoms with van der Waals surface area (Å²) in [5.74, 6) is 0.272. The third-order valence-electron chi connectivity index (χ3n) is 4.79. The van der Waals surface area contributed by atoms with Gasteiger partial charge in [0.2, 0.25) is 5.75 Å². The van der Waals surface area contributed by atoms with Gasteiger partial charge in [-0.05, 0) is 36.4 Å². The van der Waals surface area contributed by atoms with Crippen LogP contribution in [0.2, 0.25) is 0 Å². The second kappa shape index (κ2) is 9.19. The average Bonchev–Trinajstić information content (AvgIpc) is 3.27. The Morgan fingerprint density at radius 1 is 1.03 bits per heavy atom. The molecule has 0 spiro atoms. The lowest BCUT2D eigenvalue weighted by atomic mass is 10.1. The van der Waals surface area contributed by atoms with Gasteiger partial charge in [-0.15, -0.1) is 0 Å². The molecule has 4 rings (SSSR count). The minimum Gasteiger partial charge on any atom is -0.493 e. The molecule has 32 heavy (non-hydrogen) atoms. The van der Waals surface area contributed by atoms with Gasteiger partial charge in [-0.3, -0.25) is 14.7 Å². The van der Waals surface area contributed by atoms with Crippen molar-refractivity contribution in [2.45, 2.75) is 6.54 Å². The number of ether oxygens (including phenoxy) is 3. The van der Waals surface area contributed by atoms with Crippen molar-refractivity contribution in [2.24, 2.45) is 0 Å². The van der Waals surface area contributed by atoms with Gasteiger partial charge in [-0.25, -0.2) is 9.37 Å². The summed E-state index contributed by atoms with van der Waals surface area (Å²) in [7, 11) is 4.45. The predicted octanol–water partition coefficient (Wildman–Crippen LogP) is 4.70. The molecule has 0 saturated heterocycles. The van der Waals surface area contributed by atoms with Gasteiger partial charge in [-0.2, -0.15) is 0 Å². The van der Waals surface area contributed by atoms with Crippen molar-refractivity contribution in [1.29, 1.82) is 0 Å². The third-order valence-corrected chi connectivity index (χ3v) is 5.84. The minimum atomic E-state index is -0.442. The van der Waals surface area contributed by atoms with E-state index < -0.39 is 5.82 Å². The number of fused-ring (bicyclic) bond motifs is 1. The fraction of sp³-hybridized carbons (Fsp3) is 0.174. The summed E-state index contributed by atoms with van der Waals surface area (Å²) >= 11 is 1.23. The highest BCUT2D eigenvalue weighted by Gasteiger charge is 2.25. The number of benzene rings is 2. The number of anilines is 1. The number of rotatable bonds is 7. The largest absolute Gasteiger partial charge is 0.493 e. The number of carbonyl (C=O) groups is 1.